The molecular weight excluding hydrogens is 234 g/mol. The Balaban J connectivity index is 2.62. The lowest BCUT2D eigenvalue weighted by molar-refractivity contribution is 0.0485. The zero-order valence-corrected chi connectivity index (χ0v) is 10.6. The normalized spacial score (nSPS) is 9.89. The summed E-state index contributed by atoms with van der Waals surface area (Å²) in [5.74, 6) is -0.914. The second-order valence-electron chi connectivity index (χ2n) is 3.70. The molecule has 1 heterocycles. The van der Waals surface area contributed by atoms with E-state index in [-0.39, 0.29) is 5.69 Å². The van der Waals surface area contributed by atoms with Gasteiger partial charge in [-0.2, -0.15) is 0 Å². The first-order chi connectivity index (χ1) is 8.69. The maximum absolute atomic E-state index is 11.5. The zero-order chi connectivity index (χ0) is 13.4. The van der Waals surface area contributed by atoms with Gasteiger partial charge in [0.1, 0.15) is 5.69 Å². The first kappa shape index (κ1) is 14.2. The van der Waals surface area contributed by atoms with Gasteiger partial charge in [-0.05, 0) is 25.0 Å². The largest absolute Gasteiger partial charge is 0.462 e. The van der Waals surface area contributed by atoms with E-state index in [9.17, 15) is 9.59 Å². The van der Waals surface area contributed by atoms with Crippen molar-refractivity contribution >= 4 is 11.9 Å². The molecular formula is C13H17NO4. The molecule has 0 bridgehead atoms. The van der Waals surface area contributed by atoms with Crippen LogP contribution >= 0.6 is 0 Å². The Hall–Kier alpha value is -1.91. The third kappa shape index (κ3) is 4.16. The Morgan fingerprint density at radius 1 is 1.06 bits per heavy atom. The third-order valence-corrected chi connectivity index (χ3v) is 2.08. The summed E-state index contributed by atoms with van der Waals surface area (Å²) in [5, 5.41) is 0. The molecule has 0 N–H and O–H groups in total. The maximum atomic E-state index is 11.5. The van der Waals surface area contributed by atoms with Crippen LogP contribution in [0.1, 0.15) is 47.5 Å². The molecule has 1 aromatic rings. The topological polar surface area (TPSA) is 65.5 Å². The number of aromatic nitrogens is 1. The van der Waals surface area contributed by atoms with Crippen LogP contribution in [0.4, 0.5) is 0 Å². The van der Waals surface area contributed by atoms with Crippen LogP contribution in [0.15, 0.2) is 18.3 Å². The summed E-state index contributed by atoms with van der Waals surface area (Å²) >= 11 is 0. The first-order valence-corrected chi connectivity index (χ1v) is 5.99. The zero-order valence-electron chi connectivity index (χ0n) is 10.6. The van der Waals surface area contributed by atoms with Gasteiger partial charge in [-0.25, -0.2) is 14.6 Å². The summed E-state index contributed by atoms with van der Waals surface area (Å²) in [6.45, 7) is 4.56. The second-order valence-corrected chi connectivity index (χ2v) is 3.70. The summed E-state index contributed by atoms with van der Waals surface area (Å²) < 4.78 is 9.87. The molecule has 0 atom stereocenters. The first-order valence-electron chi connectivity index (χ1n) is 5.99. The van der Waals surface area contributed by atoms with E-state index in [1.54, 1.807) is 0 Å². The van der Waals surface area contributed by atoms with Crippen molar-refractivity contribution in [2.45, 2.75) is 26.7 Å². The van der Waals surface area contributed by atoms with Gasteiger partial charge >= 0.3 is 11.9 Å². The van der Waals surface area contributed by atoms with Crippen molar-refractivity contribution < 1.29 is 19.1 Å². The Labute approximate surface area is 106 Å². The van der Waals surface area contributed by atoms with E-state index in [4.69, 9.17) is 9.47 Å². The van der Waals surface area contributed by atoms with Crippen LogP contribution in [-0.4, -0.2) is 30.1 Å². The standard InChI is InChI=1S/C13H17NO4/c1-3-7-17-12(15)10-5-6-11(14-9-10)13(16)18-8-4-2/h5-6,9H,3-4,7-8H2,1-2H3. The molecule has 0 fully saturated rings. The summed E-state index contributed by atoms with van der Waals surface area (Å²) in [6.07, 6.45) is 2.84. The van der Waals surface area contributed by atoms with Gasteiger partial charge in [0.05, 0.1) is 18.8 Å². The average Bonchev–Trinajstić information content (AvgIpc) is 2.42. The Morgan fingerprint density at radius 2 is 1.67 bits per heavy atom. The second kappa shape index (κ2) is 7.42. The Kier molecular flexibility index (Phi) is 5.84. The number of rotatable bonds is 6. The molecule has 1 aromatic heterocycles. The summed E-state index contributed by atoms with van der Waals surface area (Å²) in [6, 6.07) is 2.97. The van der Waals surface area contributed by atoms with Crippen molar-refractivity contribution in [2.75, 3.05) is 13.2 Å². The molecule has 0 saturated heterocycles. The number of carbonyl (C=O) groups excluding carboxylic acids is 2. The van der Waals surface area contributed by atoms with Crippen LogP contribution in [0.5, 0.6) is 0 Å². The Bertz CT molecular complexity index is 361. The number of hydrogen-bond acceptors (Lipinski definition) is 5. The quantitative estimate of drug-likeness (QED) is 0.725. The number of ether oxygens (including phenoxy) is 2. The molecule has 0 spiro atoms. The fraction of sp³-hybridized carbons (Fsp3) is 0.462. The van der Waals surface area contributed by atoms with E-state index in [0.29, 0.717) is 18.8 Å². The minimum Gasteiger partial charge on any atom is -0.462 e. The molecule has 0 saturated carbocycles. The van der Waals surface area contributed by atoms with Crippen LogP contribution < -0.4 is 0 Å². The molecule has 0 radical (unpaired) electrons. The van der Waals surface area contributed by atoms with Gasteiger partial charge in [0.2, 0.25) is 0 Å². The van der Waals surface area contributed by atoms with Gasteiger partial charge in [-0.3, -0.25) is 0 Å². The van der Waals surface area contributed by atoms with Crippen LogP contribution in [0.2, 0.25) is 0 Å². The van der Waals surface area contributed by atoms with E-state index in [0.717, 1.165) is 12.8 Å². The average molecular weight is 251 g/mol. The van der Waals surface area contributed by atoms with Gasteiger partial charge < -0.3 is 9.47 Å². The van der Waals surface area contributed by atoms with Gasteiger partial charge in [0.15, 0.2) is 0 Å². The van der Waals surface area contributed by atoms with Crippen molar-refractivity contribution in [3.63, 3.8) is 0 Å². The predicted molar refractivity (Wildman–Crippen MR) is 65.4 cm³/mol. The van der Waals surface area contributed by atoms with Gasteiger partial charge in [-0.15, -0.1) is 0 Å². The summed E-state index contributed by atoms with van der Waals surface area (Å²) in [4.78, 5) is 26.8. The van der Waals surface area contributed by atoms with E-state index in [2.05, 4.69) is 4.98 Å². The van der Waals surface area contributed by atoms with E-state index in [1.165, 1.54) is 18.3 Å². The monoisotopic (exact) mass is 251 g/mol. The van der Waals surface area contributed by atoms with E-state index < -0.39 is 11.9 Å². The number of hydrogen-bond donors (Lipinski definition) is 0. The summed E-state index contributed by atoms with van der Waals surface area (Å²) in [5.41, 5.74) is 0.519. The number of esters is 2. The van der Waals surface area contributed by atoms with Gasteiger partial charge in [0, 0.05) is 6.20 Å². The minimum absolute atomic E-state index is 0.190. The van der Waals surface area contributed by atoms with Gasteiger partial charge in [-0.1, -0.05) is 13.8 Å². The van der Waals surface area contributed by atoms with Crippen LogP contribution in [0.25, 0.3) is 0 Å². The van der Waals surface area contributed by atoms with Gasteiger partial charge in [0.25, 0.3) is 0 Å². The molecule has 0 aliphatic rings. The predicted octanol–water partition coefficient (Wildman–Crippen LogP) is 2.22. The SMILES string of the molecule is CCCOC(=O)c1ccc(C(=O)OCCC)nc1. The van der Waals surface area contributed by atoms with Crippen molar-refractivity contribution in [1.82, 2.24) is 4.98 Å². The van der Waals surface area contributed by atoms with Crippen LogP contribution in [0.3, 0.4) is 0 Å². The molecule has 0 aliphatic carbocycles. The lowest BCUT2D eigenvalue weighted by Crippen LogP contribution is -2.10. The molecule has 5 nitrogen and oxygen atoms in total. The highest BCUT2D eigenvalue weighted by atomic mass is 16.5. The molecule has 0 aliphatic heterocycles. The number of pyridine rings is 1. The highest BCUT2D eigenvalue weighted by Crippen LogP contribution is 2.04. The highest BCUT2D eigenvalue weighted by Gasteiger charge is 2.11. The number of nitrogens with zero attached hydrogens (tertiary/aromatic N) is 1. The molecule has 18 heavy (non-hydrogen) atoms. The number of carbonyl (C=O) groups is 2. The molecule has 0 unspecified atom stereocenters. The lowest BCUT2D eigenvalue weighted by Gasteiger charge is -2.04. The highest BCUT2D eigenvalue weighted by molar-refractivity contribution is 5.91. The summed E-state index contributed by atoms with van der Waals surface area (Å²) in [7, 11) is 0. The molecule has 1 rings (SSSR count). The smallest absolute Gasteiger partial charge is 0.356 e. The third-order valence-electron chi connectivity index (χ3n) is 2.08. The molecule has 0 aromatic carbocycles. The molecule has 98 valence electrons. The van der Waals surface area contributed by atoms with Crippen LogP contribution in [-0.2, 0) is 9.47 Å². The van der Waals surface area contributed by atoms with E-state index >= 15 is 0 Å². The fourth-order valence-corrected chi connectivity index (χ4v) is 1.18. The van der Waals surface area contributed by atoms with E-state index in [1.807, 2.05) is 13.8 Å². The lowest BCUT2D eigenvalue weighted by atomic mass is 10.2. The molecule has 0 amide bonds. The van der Waals surface area contributed by atoms with Crippen molar-refractivity contribution in [3.05, 3.63) is 29.6 Å². The van der Waals surface area contributed by atoms with Crippen molar-refractivity contribution in [1.29, 1.82) is 0 Å². The fourth-order valence-electron chi connectivity index (χ4n) is 1.18. The molecule has 5 heteroatoms. The Morgan fingerprint density at radius 3 is 2.17 bits per heavy atom. The maximum Gasteiger partial charge on any atom is 0.356 e. The van der Waals surface area contributed by atoms with Crippen molar-refractivity contribution in [2.24, 2.45) is 0 Å². The minimum atomic E-state index is -0.481. The van der Waals surface area contributed by atoms with Crippen LogP contribution in [0, 0.1) is 0 Å². The van der Waals surface area contributed by atoms with Crippen molar-refractivity contribution in [3.8, 4) is 0 Å².